The first-order valence-electron chi connectivity index (χ1n) is 7.01. The molecule has 1 N–H and O–H groups in total. The smallest absolute Gasteiger partial charge is 0.133 e. The van der Waals surface area contributed by atoms with Crippen molar-refractivity contribution in [2.45, 2.75) is 18.9 Å². The Balaban J connectivity index is 1.70. The second-order valence-electron chi connectivity index (χ2n) is 5.16. The number of halogens is 1. The van der Waals surface area contributed by atoms with Crippen LogP contribution in [0.1, 0.15) is 17.5 Å². The van der Waals surface area contributed by atoms with Crippen molar-refractivity contribution in [1.82, 2.24) is 5.32 Å². The SMILES string of the molecule is Brc1cc(Cc2ccccc2)ccc1OC1CCNC1. The molecule has 3 heteroatoms. The minimum Gasteiger partial charge on any atom is -0.488 e. The fourth-order valence-electron chi connectivity index (χ4n) is 2.49. The van der Waals surface area contributed by atoms with E-state index < -0.39 is 0 Å². The minimum absolute atomic E-state index is 0.297. The highest BCUT2D eigenvalue weighted by Gasteiger charge is 2.17. The zero-order chi connectivity index (χ0) is 13.8. The first kappa shape index (κ1) is 13.7. The molecule has 0 amide bonds. The monoisotopic (exact) mass is 331 g/mol. The first-order chi connectivity index (χ1) is 9.81. The van der Waals surface area contributed by atoms with Crippen LogP contribution in [0.5, 0.6) is 5.75 Å². The Morgan fingerprint density at radius 2 is 1.95 bits per heavy atom. The van der Waals surface area contributed by atoms with Crippen LogP contribution >= 0.6 is 15.9 Å². The van der Waals surface area contributed by atoms with Crippen molar-refractivity contribution >= 4 is 15.9 Å². The Labute approximate surface area is 128 Å². The Kier molecular flexibility index (Phi) is 4.38. The van der Waals surface area contributed by atoms with Crippen LogP contribution in [-0.2, 0) is 6.42 Å². The van der Waals surface area contributed by atoms with E-state index in [9.17, 15) is 0 Å². The molecule has 1 aliphatic heterocycles. The Morgan fingerprint density at radius 1 is 1.10 bits per heavy atom. The Bertz CT molecular complexity index is 564. The third kappa shape index (κ3) is 3.41. The van der Waals surface area contributed by atoms with Crippen LogP contribution in [0.15, 0.2) is 53.0 Å². The highest BCUT2D eigenvalue weighted by atomic mass is 79.9. The topological polar surface area (TPSA) is 21.3 Å². The lowest BCUT2D eigenvalue weighted by molar-refractivity contribution is 0.221. The third-order valence-corrected chi connectivity index (χ3v) is 4.18. The maximum Gasteiger partial charge on any atom is 0.133 e. The standard InChI is InChI=1S/C17H18BrNO/c18-16-11-14(10-13-4-2-1-3-5-13)6-7-17(16)20-15-8-9-19-12-15/h1-7,11,15,19H,8-10,12H2. The van der Waals surface area contributed by atoms with Gasteiger partial charge >= 0.3 is 0 Å². The van der Waals surface area contributed by atoms with Gasteiger partial charge in [-0.15, -0.1) is 0 Å². The molecule has 0 radical (unpaired) electrons. The van der Waals surface area contributed by atoms with Crippen LogP contribution in [0, 0.1) is 0 Å². The minimum atomic E-state index is 0.297. The lowest BCUT2D eigenvalue weighted by Crippen LogP contribution is -2.19. The molecule has 1 heterocycles. The first-order valence-corrected chi connectivity index (χ1v) is 7.80. The Morgan fingerprint density at radius 3 is 2.65 bits per heavy atom. The van der Waals surface area contributed by atoms with E-state index >= 15 is 0 Å². The summed E-state index contributed by atoms with van der Waals surface area (Å²) < 4.78 is 7.04. The molecule has 20 heavy (non-hydrogen) atoms. The van der Waals surface area contributed by atoms with E-state index in [1.807, 2.05) is 6.07 Å². The van der Waals surface area contributed by atoms with Gasteiger partial charge < -0.3 is 10.1 Å². The van der Waals surface area contributed by atoms with Crippen LogP contribution in [0.2, 0.25) is 0 Å². The molecule has 0 bridgehead atoms. The molecule has 1 fully saturated rings. The van der Waals surface area contributed by atoms with Gasteiger partial charge in [0.1, 0.15) is 11.9 Å². The number of nitrogens with one attached hydrogen (secondary N) is 1. The molecule has 1 aliphatic rings. The van der Waals surface area contributed by atoms with Crippen molar-refractivity contribution in [3.05, 3.63) is 64.1 Å². The summed E-state index contributed by atoms with van der Waals surface area (Å²) in [7, 11) is 0. The molecule has 2 aromatic carbocycles. The predicted molar refractivity (Wildman–Crippen MR) is 85.3 cm³/mol. The van der Waals surface area contributed by atoms with Crippen LogP contribution in [0.3, 0.4) is 0 Å². The number of hydrogen-bond acceptors (Lipinski definition) is 2. The summed E-state index contributed by atoms with van der Waals surface area (Å²) in [6.07, 6.45) is 2.33. The Hall–Kier alpha value is -1.32. The van der Waals surface area contributed by atoms with E-state index in [-0.39, 0.29) is 0 Å². The molecule has 1 unspecified atom stereocenters. The summed E-state index contributed by atoms with van der Waals surface area (Å²) in [6.45, 7) is 1.99. The van der Waals surface area contributed by atoms with Crippen molar-refractivity contribution < 1.29 is 4.74 Å². The van der Waals surface area contributed by atoms with Gasteiger partial charge in [-0.3, -0.25) is 0 Å². The number of rotatable bonds is 4. The number of hydrogen-bond donors (Lipinski definition) is 1. The van der Waals surface area contributed by atoms with Gasteiger partial charge in [0, 0.05) is 6.54 Å². The molecular weight excluding hydrogens is 314 g/mol. The quantitative estimate of drug-likeness (QED) is 0.920. The van der Waals surface area contributed by atoms with E-state index in [0.717, 1.165) is 36.2 Å². The normalized spacial score (nSPS) is 18.1. The van der Waals surface area contributed by atoms with Gasteiger partial charge in [0.15, 0.2) is 0 Å². The van der Waals surface area contributed by atoms with E-state index in [0.29, 0.717) is 6.10 Å². The second-order valence-corrected chi connectivity index (χ2v) is 6.01. The van der Waals surface area contributed by atoms with Gasteiger partial charge in [-0.05, 0) is 58.6 Å². The van der Waals surface area contributed by atoms with Crippen LogP contribution < -0.4 is 10.1 Å². The van der Waals surface area contributed by atoms with Crippen molar-refractivity contribution in [3.8, 4) is 5.75 Å². The molecule has 1 atom stereocenters. The van der Waals surface area contributed by atoms with Crippen LogP contribution in [0.4, 0.5) is 0 Å². The van der Waals surface area contributed by atoms with Gasteiger partial charge in [-0.1, -0.05) is 36.4 Å². The van der Waals surface area contributed by atoms with Crippen LogP contribution in [0.25, 0.3) is 0 Å². The molecule has 0 saturated carbocycles. The summed E-state index contributed by atoms with van der Waals surface area (Å²) in [5.74, 6) is 0.940. The zero-order valence-electron chi connectivity index (χ0n) is 11.3. The summed E-state index contributed by atoms with van der Waals surface area (Å²) in [4.78, 5) is 0. The summed E-state index contributed by atoms with van der Waals surface area (Å²) in [5, 5.41) is 3.32. The average Bonchev–Trinajstić information content (AvgIpc) is 2.96. The number of benzene rings is 2. The van der Waals surface area contributed by atoms with Gasteiger partial charge in [0.05, 0.1) is 4.47 Å². The lowest BCUT2D eigenvalue weighted by Gasteiger charge is -2.14. The van der Waals surface area contributed by atoms with E-state index in [4.69, 9.17) is 4.74 Å². The van der Waals surface area contributed by atoms with Crippen molar-refractivity contribution in [3.63, 3.8) is 0 Å². The van der Waals surface area contributed by atoms with E-state index in [2.05, 4.69) is 63.7 Å². The summed E-state index contributed by atoms with van der Waals surface area (Å²) in [5.41, 5.74) is 2.62. The van der Waals surface area contributed by atoms with Gasteiger partial charge in [0.25, 0.3) is 0 Å². The predicted octanol–water partition coefficient (Wildman–Crippen LogP) is 3.78. The molecule has 1 saturated heterocycles. The second kappa shape index (κ2) is 6.42. The van der Waals surface area contributed by atoms with Gasteiger partial charge in [-0.25, -0.2) is 0 Å². The summed E-state index contributed by atoms with van der Waals surface area (Å²) in [6, 6.07) is 16.9. The largest absolute Gasteiger partial charge is 0.488 e. The highest BCUT2D eigenvalue weighted by molar-refractivity contribution is 9.10. The molecule has 0 spiro atoms. The van der Waals surface area contributed by atoms with Crippen molar-refractivity contribution in [1.29, 1.82) is 0 Å². The molecule has 0 aliphatic carbocycles. The zero-order valence-corrected chi connectivity index (χ0v) is 12.9. The molecule has 104 valence electrons. The average molecular weight is 332 g/mol. The van der Waals surface area contributed by atoms with E-state index in [1.165, 1.54) is 11.1 Å². The van der Waals surface area contributed by atoms with Crippen molar-refractivity contribution in [2.75, 3.05) is 13.1 Å². The maximum absolute atomic E-state index is 6.00. The van der Waals surface area contributed by atoms with Gasteiger partial charge in [-0.2, -0.15) is 0 Å². The molecule has 0 aromatic heterocycles. The summed E-state index contributed by atoms with van der Waals surface area (Å²) >= 11 is 3.62. The third-order valence-electron chi connectivity index (χ3n) is 3.56. The molecule has 3 rings (SSSR count). The molecule has 2 nitrogen and oxygen atoms in total. The van der Waals surface area contributed by atoms with E-state index in [1.54, 1.807) is 0 Å². The molecular formula is C17H18BrNO. The fraction of sp³-hybridized carbons (Fsp3) is 0.294. The maximum atomic E-state index is 6.00. The van der Waals surface area contributed by atoms with Crippen LogP contribution in [-0.4, -0.2) is 19.2 Å². The van der Waals surface area contributed by atoms with Crippen molar-refractivity contribution in [2.24, 2.45) is 0 Å². The lowest BCUT2D eigenvalue weighted by atomic mass is 10.1. The molecule has 2 aromatic rings. The van der Waals surface area contributed by atoms with Gasteiger partial charge in [0.2, 0.25) is 0 Å². The fourth-order valence-corrected chi connectivity index (χ4v) is 3.01. The highest BCUT2D eigenvalue weighted by Crippen LogP contribution is 2.28. The number of ether oxygens (including phenoxy) is 1.